The first kappa shape index (κ1) is 13.6. The molecule has 1 saturated heterocycles. The molecule has 6 nitrogen and oxygen atoms in total. The van der Waals surface area contributed by atoms with Crippen LogP contribution in [0.5, 0.6) is 5.75 Å². The highest BCUT2D eigenvalue weighted by molar-refractivity contribution is 5.60. The van der Waals surface area contributed by atoms with Gasteiger partial charge in [0, 0.05) is 30.4 Å². The highest BCUT2D eigenvalue weighted by Gasteiger charge is 2.29. The summed E-state index contributed by atoms with van der Waals surface area (Å²) >= 11 is 0. The molecule has 0 aliphatic carbocycles. The molecule has 1 aromatic carbocycles. The van der Waals surface area contributed by atoms with Crippen molar-refractivity contribution in [1.82, 2.24) is 0 Å². The molecule has 0 amide bonds. The van der Waals surface area contributed by atoms with E-state index in [-0.39, 0.29) is 5.69 Å². The molecule has 2 atom stereocenters. The van der Waals surface area contributed by atoms with E-state index in [1.54, 1.807) is 12.1 Å². The molecular weight excluding hydrogens is 246 g/mol. The molecule has 1 aliphatic rings. The number of hydrogen-bond donors (Lipinski definition) is 1. The zero-order valence-corrected chi connectivity index (χ0v) is 11.2. The summed E-state index contributed by atoms with van der Waals surface area (Å²) in [5.41, 5.74) is 6.66. The number of benzene rings is 1. The van der Waals surface area contributed by atoms with Gasteiger partial charge in [0.05, 0.1) is 12.0 Å². The monoisotopic (exact) mass is 265 g/mol. The molecule has 6 heteroatoms. The fourth-order valence-corrected chi connectivity index (χ4v) is 2.67. The third-order valence-electron chi connectivity index (χ3n) is 3.69. The average Bonchev–Trinajstić information content (AvgIpc) is 2.79. The van der Waals surface area contributed by atoms with Gasteiger partial charge in [-0.25, -0.2) is 0 Å². The van der Waals surface area contributed by atoms with Gasteiger partial charge in [-0.3, -0.25) is 10.1 Å². The maximum absolute atomic E-state index is 10.9. The number of nitrogens with two attached hydrogens (primary N) is 1. The minimum Gasteiger partial charge on any atom is -0.490 e. The van der Waals surface area contributed by atoms with Crippen LogP contribution in [0, 0.1) is 16.0 Å². The number of hydrogen-bond acceptors (Lipinski definition) is 5. The van der Waals surface area contributed by atoms with E-state index in [4.69, 9.17) is 10.5 Å². The Morgan fingerprint density at radius 1 is 1.58 bits per heavy atom. The summed E-state index contributed by atoms with van der Waals surface area (Å²) in [6, 6.07) is 5.39. The molecule has 1 heterocycles. The van der Waals surface area contributed by atoms with Crippen molar-refractivity contribution in [2.45, 2.75) is 19.4 Å². The van der Waals surface area contributed by atoms with E-state index in [0.29, 0.717) is 24.3 Å². The van der Waals surface area contributed by atoms with Crippen molar-refractivity contribution in [1.29, 1.82) is 0 Å². The van der Waals surface area contributed by atoms with Crippen LogP contribution in [0.3, 0.4) is 0 Å². The number of anilines is 1. The highest BCUT2D eigenvalue weighted by atomic mass is 16.6. The lowest BCUT2D eigenvalue weighted by Crippen LogP contribution is -2.27. The van der Waals surface area contributed by atoms with Crippen molar-refractivity contribution in [3.63, 3.8) is 0 Å². The summed E-state index contributed by atoms with van der Waals surface area (Å²) in [6.45, 7) is 3.70. The van der Waals surface area contributed by atoms with Crippen LogP contribution in [0.25, 0.3) is 0 Å². The number of rotatable bonds is 4. The first-order chi connectivity index (χ1) is 9.06. The summed E-state index contributed by atoms with van der Waals surface area (Å²) < 4.78 is 5.10. The van der Waals surface area contributed by atoms with Crippen LogP contribution in [-0.4, -0.2) is 31.2 Å². The second-order valence-corrected chi connectivity index (χ2v) is 4.95. The van der Waals surface area contributed by atoms with Gasteiger partial charge in [0.2, 0.25) is 0 Å². The second-order valence-electron chi connectivity index (χ2n) is 4.95. The maximum atomic E-state index is 10.9. The van der Waals surface area contributed by atoms with E-state index in [9.17, 15) is 10.1 Å². The lowest BCUT2D eigenvalue weighted by atomic mass is 10.1. The molecule has 0 radical (unpaired) electrons. The van der Waals surface area contributed by atoms with Gasteiger partial charge in [-0.15, -0.1) is 0 Å². The molecule has 0 aromatic heterocycles. The van der Waals surface area contributed by atoms with E-state index in [1.807, 2.05) is 0 Å². The Morgan fingerprint density at radius 3 is 2.84 bits per heavy atom. The minimum absolute atomic E-state index is 0.00604. The quantitative estimate of drug-likeness (QED) is 0.663. The van der Waals surface area contributed by atoms with Gasteiger partial charge in [0.1, 0.15) is 0 Å². The van der Waals surface area contributed by atoms with Crippen LogP contribution in [0.4, 0.5) is 11.4 Å². The average molecular weight is 265 g/mol. The van der Waals surface area contributed by atoms with E-state index in [0.717, 1.165) is 18.7 Å². The molecule has 1 aliphatic heterocycles. The normalized spacial score (nSPS) is 22.6. The van der Waals surface area contributed by atoms with Gasteiger partial charge in [-0.2, -0.15) is 0 Å². The largest absolute Gasteiger partial charge is 0.490 e. The second kappa shape index (κ2) is 5.44. The third kappa shape index (κ3) is 2.63. The highest BCUT2D eigenvalue weighted by Crippen LogP contribution is 2.35. The third-order valence-corrected chi connectivity index (χ3v) is 3.69. The van der Waals surface area contributed by atoms with Crippen molar-refractivity contribution < 1.29 is 9.66 Å². The molecule has 0 bridgehead atoms. The molecular formula is C13H19N3O3. The number of ether oxygens (including phenoxy) is 1. The topological polar surface area (TPSA) is 81.6 Å². The fourth-order valence-electron chi connectivity index (χ4n) is 2.67. The first-order valence-electron chi connectivity index (χ1n) is 6.36. The molecule has 19 heavy (non-hydrogen) atoms. The molecule has 1 aromatic rings. The fraction of sp³-hybridized carbons (Fsp3) is 0.538. The maximum Gasteiger partial charge on any atom is 0.311 e. The van der Waals surface area contributed by atoms with Crippen LogP contribution in [0.2, 0.25) is 0 Å². The Kier molecular flexibility index (Phi) is 3.90. The summed E-state index contributed by atoms with van der Waals surface area (Å²) in [4.78, 5) is 12.7. The number of methoxy groups -OCH3 is 1. The molecule has 2 unspecified atom stereocenters. The van der Waals surface area contributed by atoms with Crippen LogP contribution in [0.15, 0.2) is 18.2 Å². The van der Waals surface area contributed by atoms with Crippen molar-refractivity contribution in [2.75, 3.05) is 25.1 Å². The van der Waals surface area contributed by atoms with Gasteiger partial charge in [-0.05, 0) is 31.9 Å². The Labute approximate surface area is 112 Å². The van der Waals surface area contributed by atoms with Crippen LogP contribution < -0.4 is 15.4 Å². The SMILES string of the molecule is COc1cc(N2CC(CN)CC2C)ccc1[N+](=O)[O-]. The summed E-state index contributed by atoms with van der Waals surface area (Å²) in [5.74, 6) is 0.780. The lowest BCUT2D eigenvalue weighted by Gasteiger charge is -2.24. The Bertz CT molecular complexity index is 478. The summed E-state index contributed by atoms with van der Waals surface area (Å²) in [6.07, 6.45) is 1.05. The summed E-state index contributed by atoms with van der Waals surface area (Å²) in [5, 5.41) is 10.9. The predicted molar refractivity (Wildman–Crippen MR) is 73.6 cm³/mol. The first-order valence-corrected chi connectivity index (χ1v) is 6.36. The van der Waals surface area contributed by atoms with Gasteiger partial charge in [0.25, 0.3) is 0 Å². The molecule has 0 spiro atoms. The van der Waals surface area contributed by atoms with E-state index in [2.05, 4.69) is 11.8 Å². The Morgan fingerprint density at radius 2 is 2.32 bits per heavy atom. The van der Waals surface area contributed by atoms with Gasteiger partial charge in [0.15, 0.2) is 5.75 Å². The molecule has 104 valence electrons. The van der Waals surface area contributed by atoms with Gasteiger partial charge >= 0.3 is 5.69 Å². The Hall–Kier alpha value is -1.82. The smallest absolute Gasteiger partial charge is 0.311 e. The van der Waals surface area contributed by atoms with Crippen molar-refractivity contribution in [2.24, 2.45) is 11.7 Å². The molecule has 1 fully saturated rings. The number of nitro groups is 1. The predicted octanol–water partition coefficient (Wildman–Crippen LogP) is 1.78. The summed E-state index contributed by atoms with van der Waals surface area (Å²) in [7, 11) is 1.45. The minimum atomic E-state index is -0.432. The van der Waals surface area contributed by atoms with Gasteiger partial charge < -0.3 is 15.4 Å². The van der Waals surface area contributed by atoms with Crippen molar-refractivity contribution in [3.05, 3.63) is 28.3 Å². The van der Waals surface area contributed by atoms with Gasteiger partial charge in [-0.1, -0.05) is 0 Å². The Balaban J connectivity index is 2.29. The zero-order chi connectivity index (χ0) is 14.0. The van der Waals surface area contributed by atoms with E-state index < -0.39 is 4.92 Å². The lowest BCUT2D eigenvalue weighted by molar-refractivity contribution is -0.385. The number of nitrogens with zero attached hydrogens (tertiary/aromatic N) is 2. The van der Waals surface area contributed by atoms with E-state index >= 15 is 0 Å². The van der Waals surface area contributed by atoms with Crippen LogP contribution >= 0.6 is 0 Å². The van der Waals surface area contributed by atoms with Crippen molar-refractivity contribution in [3.8, 4) is 5.75 Å². The van der Waals surface area contributed by atoms with Crippen molar-refractivity contribution >= 4 is 11.4 Å². The molecule has 2 rings (SSSR count). The molecule has 2 N–H and O–H groups in total. The number of nitro benzene ring substituents is 1. The standard InChI is InChI=1S/C13H19N3O3/c1-9-5-10(7-14)8-15(9)11-3-4-12(16(17)18)13(6-11)19-2/h3-4,6,9-10H,5,7-8,14H2,1-2H3. The zero-order valence-electron chi connectivity index (χ0n) is 11.2. The molecule has 0 saturated carbocycles. The van der Waals surface area contributed by atoms with Crippen LogP contribution in [-0.2, 0) is 0 Å². The van der Waals surface area contributed by atoms with Crippen LogP contribution in [0.1, 0.15) is 13.3 Å². The van der Waals surface area contributed by atoms with E-state index in [1.165, 1.54) is 13.2 Å².